The second kappa shape index (κ2) is 9.52. The summed E-state index contributed by atoms with van der Waals surface area (Å²) in [5.74, 6) is 0.353. The predicted molar refractivity (Wildman–Crippen MR) is 106 cm³/mol. The Balaban J connectivity index is 2.29. The number of nitrogens with zero attached hydrogens (tertiary/aromatic N) is 1. The summed E-state index contributed by atoms with van der Waals surface area (Å²) >= 11 is 0. The Hall–Kier alpha value is -1.64. The first-order valence-corrected chi connectivity index (χ1v) is 11.2. The van der Waals surface area contributed by atoms with Crippen molar-refractivity contribution in [1.29, 1.82) is 0 Å². The van der Waals surface area contributed by atoms with Crippen LogP contribution in [-0.2, 0) is 14.8 Å². The van der Waals surface area contributed by atoms with Crippen LogP contribution in [-0.4, -0.2) is 57.5 Å². The minimum absolute atomic E-state index is 0.0879. The van der Waals surface area contributed by atoms with Gasteiger partial charge in [0, 0.05) is 25.9 Å². The van der Waals surface area contributed by atoms with Crippen LogP contribution in [0.2, 0.25) is 0 Å². The Bertz CT molecular complexity index is 739. The number of nitrogens with one attached hydrogen (secondary N) is 2. The number of hydrogen-bond acceptors (Lipinski definition) is 4. The standard InChI is InChI=1S/C19H31N3O4S/c1-5-22(6-2)27(24,25)16-9-10-18(26-15(3)4)17(13-16)20-19(23)14-21-11-7-8-12-21/h9-10,13,15H,5-8,11-12,14H2,1-4H3,(H,20,23)/p+1. The van der Waals surface area contributed by atoms with Crippen molar-refractivity contribution in [3.63, 3.8) is 0 Å². The van der Waals surface area contributed by atoms with E-state index in [1.165, 1.54) is 21.3 Å². The fourth-order valence-electron chi connectivity index (χ4n) is 3.31. The molecule has 1 aromatic rings. The molecular formula is C19H32N3O4S+. The second-order valence-electron chi connectivity index (χ2n) is 7.10. The summed E-state index contributed by atoms with van der Waals surface area (Å²) in [5.41, 5.74) is 0.403. The molecule has 0 unspecified atom stereocenters. The third kappa shape index (κ3) is 5.67. The molecule has 1 heterocycles. The number of rotatable bonds is 9. The number of ether oxygens (including phenoxy) is 1. The molecule has 2 N–H and O–H groups in total. The molecule has 1 aliphatic rings. The number of sulfonamides is 1. The van der Waals surface area contributed by atoms with Gasteiger partial charge in [-0.3, -0.25) is 4.79 Å². The Labute approximate surface area is 162 Å². The number of anilines is 1. The molecule has 0 radical (unpaired) electrons. The summed E-state index contributed by atoms with van der Waals surface area (Å²) in [6.07, 6.45) is 2.19. The molecule has 1 fully saturated rings. The van der Waals surface area contributed by atoms with Gasteiger partial charge >= 0.3 is 0 Å². The summed E-state index contributed by atoms with van der Waals surface area (Å²) < 4.78 is 32.8. The Morgan fingerprint density at radius 2 is 1.85 bits per heavy atom. The molecule has 1 amide bonds. The highest BCUT2D eigenvalue weighted by atomic mass is 32.2. The fourth-order valence-corrected chi connectivity index (χ4v) is 4.79. The lowest BCUT2D eigenvalue weighted by Crippen LogP contribution is -3.11. The number of likely N-dealkylation sites (tertiary alicyclic amines) is 1. The molecule has 0 bridgehead atoms. The third-order valence-corrected chi connectivity index (χ3v) is 6.70. The first-order valence-electron chi connectivity index (χ1n) is 9.72. The average molecular weight is 399 g/mol. The summed E-state index contributed by atoms with van der Waals surface area (Å²) in [4.78, 5) is 13.9. The number of amides is 1. The molecule has 8 heteroatoms. The van der Waals surface area contributed by atoms with E-state index in [-0.39, 0.29) is 16.9 Å². The maximum absolute atomic E-state index is 12.8. The molecule has 1 saturated heterocycles. The van der Waals surface area contributed by atoms with Gasteiger partial charge in [-0.15, -0.1) is 0 Å². The molecule has 1 aromatic carbocycles. The molecule has 7 nitrogen and oxygen atoms in total. The second-order valence-corrected chi connectivity index (χ2v) is 9.03. The van der Waals surface area contributed by atoms with E-state index in [1.54, 1.807) is 19.9 Å². The first kappa shape index (κ1) is 21.7. The van der Waals surface area contributed by atoms with Crippen LogP contribution in [0.15, 0.2) is 23.1 Å². The third-order valence-electron chi connectivity index (χ3n) is 4.65. The van der Waals surface area contributed by atoms with Crippen molar-refractivity contribution in [2.45, 2.75) is 51.5 Å². The smallest absolute Gasteiger partial charge is 0.279 e. The van der Waals surface area contributed by atoms with Crippen LogP contribution >= 0.6 is 0 Å². The zero-order valence-corrected chi connectivity index (χ0v) is 17.6. The fraction of sp³-hybridized carbons (Fsp3) is 0.632. The Morgan fingerprint density at radius 3 is 2.41 bits per heavy atom. The van der Waals surface area contributed by atoms with E-state index in [4.69, 9.17) is 4.74 Å². The van der Waals surface area contributed by atoms with Crippen LogP contribution in [0.3, 0.4) is 0 Å². The van der Waals surface area contributed by atoms with E-state index in [2.05, 4.69) is 5.32 Å². The number of hydrogen-bond donors (Lipinski definition) is 2. The largest absolute Gasteiger partial charge is 0.489 e. The molecule has 0 aromatic heterocycles. The highest BCUT2D eigenvalue weighted by Crippen LogP contribution is 2.30. The summed E-state index contributed by atoms with van der Waals surface area (Å²) in [6, 6.07) is 4.66. The van der Waals surface area contributed by atoms with Gasteiger partial charge in [-0.1, -0.05) is 13.8 Å². The van der Waals surface area contributed by atoms with Gasteiger partial charge in [0.05, 0.1) is 29.8 Å². The topological polar surface area (TPSA) is 80.2 Å². The van der Waals surface area contributed by atoms with E-state index < -0.39 is 10.0 Å². The zero-order chi connectivity index (χ0) is 20.0. The quantitative estimate of drug-likeness (QED) is 0.653. The van der Waals surface area contributed by atoms with Crippen LogP contribution in [0.4, 0.5) is 5.69 Å². The monoisotopic (exact) mass is 398 g/mol. The van der Waals surface area contributed by atoms with E-state index >= 15 is 0 Å². The highest BCUT2D eigenvalue weighted by molar-refractivity contribution is 7.89. The van der Waals surface area contributed by atoms with Gasteiger partial charge in [0.2, 0.25) is 10.0 Å². The van der Waals surface area contributed by atoms with Gasteiger partial charge in [0.25, 0.3) is 5.91 Å². The van der Waals surface area contributed by atoms with E-state index in [0.717, 1.165) is 25.9 Å². The molecule has 0 saturated carbocycles. The van der Waals surface area contributed by atoms with Crippen molar-refractivity contribution in [3.8, 4) is 5.75 Å². The van der Waals surface area contributed by atoms with Gasteiger partial charge in [-0.2, -0.15) is 4.31 Å². The van der Waals surface area contributed by atoms with Gasteiger partial charge in [-0.05, 0) is 32.0 Å². The average Bonchev–Trinajstić information content (AvgIpc) is 3.09. The lowest BCUT2D eigenvalue weighted by molar-refractivity contribution is -0.878. The highest BCUT2D eigenvalue weighted by Gasteiger charge is 2.24. The van der Waals surface area contributed by atoms with Crippen LogP contribution in [0.25, 0.3) is 0 Å². The normalized spacial score (nSPS) is 15.5. The van der Waals surface area contributed by atoms with Crippen LogP contribution in [0, 0.1) is 0 Å². The summed E-state index contributed by atoms with van der Waals surface area (Å²) in [7, 11) is -3.61. The zero-order valence-electron chi connectivity index (χ0n) is 16.7. The van der Waals surface area contributed by atoms with Crippen LogP contribution in [0.5, 0.6) is 5.75 Å². The first-order chi connectivity index (χ1) is 12.8. The van der Waals surface area contributed by atoms with Gasteiger partial charge in [0.15, 0.2) is 6.54 Å². The Morgan fingerprint density at radius 1 is 1.22 bits per heavy atom. The lowest BCUT2D eigenvalue weighted by atomic mass is 10.2. The molecular weight excluding hydrogens is 366 g/mol. The molecule has 0 spiro atoms. The summed E-state index contributed by atoms with van der Waals surface area (Å²) in [5, 5.41) is 2.86. The number of carbonyl (C=O) groups is 1. The van der Waals surface area contributed by atoms with Crippen molar-refractivity contribution < 1.29 is 22.8 Å². The van der Waals surface area contributed by atoms with Crippen LogP contribution < -0.4 is 15.0 Å². The van der Waals surface area contributed by atoms with Crippen LogP contribution in [0.1, 0.15) is 40.5 Å². The van der Waals surface area contributed by atoms with Crippen molar-refractivity contribution in [3.05, 3.63) is 18.2 Å². The molecule has 2 rings (SSSR count). The van der Waals surface area contributed by atoms with E-state index in [9.17, 15) is 13.2 Å². The van der Waals surface area contributed by atoms with Gasteiger partial charge < -0.3 is 15.0 Å². The predicted octanol–water partition coefficient (Wildman–Crippen LogP) is 1.12. The molecule has 152 valence electrons. The number of benzene rings is 1. The van der Waals surface area contributed by atoms with Crippen molar-refractivity contribution in [2.75, 3.05) is 38.0 Å². The SMILES string of the molecule is CCN(CC)S(=O)(=O)c1ccc(OC(C)C)c(NC(=O)C[NH+]2CCCC2)c1. The summed E-state index contributed by atoms with van der Waals surface area (Å²) in [6.45, 7) is 10.6. The maximum atomic E-state index is 12.8. The molecule has 27 heavy (non-hydrogen) atoms. The Kier molecular flexibility index (Phi) is 7.64. The number of quaternary nitrogens is 1. The van der Waals surface area contributed by atoms with Crippen molar-refractivity contribution >= 4 is 21.6 Å². The molecule has 1 aliphatic heterocycles. The minimum atomic E-state index is -3.61. The number of carbonyl (C=O) groups excluding carboxylic acids is 1. The minimum Gasteiger partial charge on any atom is -0.489 e. The lowest BCUT2D eigenvalue weighted by Gasteiger charge is -2.21. The molecule has 0 atom stereocenters. The van der Waals surface area contributed by atoms with Crippen molar-refractivity contribution in [1.82, 2.24) is 4.31 Å². The van der Waals surface area contributed by atoms with Gasteiger partial charge in [0.1, 0.15) is 5.75 Å². The van der Waals surface area contributed by atoms with Gasteiger partial charge in [-0.25, -0.2) is 8.42 Å². The van der Waals surface area contributed by atoms with E-state index in [0.29, 0.717) is 31.1 Å². The maximum Gasteiger partial charge on any atom is 0.279 e. The van der Waals surface area contributed by atoms with Crippen molar-refractivity contribution in [2.24, 2.45) is 0 Å². The molecule has 0 aliphatic carbocycles. The van der Waals surface area contributed by atoms with E-state index in [1.807, 2.05) is 13.8 Å².